The zero-order chi connectivity index (χ0) is 22.5. The van der Waals surface area contributed by atoms with E-state index >= 15 is 0 Å². The summed E-state index contributed by atoms with van der Waals surface area (Å²) in [6.07, 6.45) is 2.56. The maximum atomic E-state index is 13.2. The topological polar surface area (TPSA) is 61.9 Å². The molecule has 6 nitrogen and oxygen atoms in total. The maximum absolute atomic E-state index is 13.2. The Hall–Kier alpha value is -1.79. The highest BCUT2D eigenvalue weighted by atomic mass is 35.5. The summed E-state index contributed by atoms with van der Waals surface area (Å²) in [4.78, 5) is 29.1. The Bertz CT molecular complexity index is 738. The first-order chi connectivity index (χ1) is 14.0. The lowest BCUT2D eigenvalue weighted by Gasteiger charge is -2.30. The zero-order valence-electron chi connectivity index (χ0n) is 19.1. The largest absolute Gasteiger partial charge is 0.377 e. The zero-order valence-corrected chi connectivity index (χ0v) is 19.9. The summed E-state index contributed by atoms with van der Waals surface area (Å²) in [6.45, 7) is 9.66. The van der Waals surface area contributed by atoms with Crippen LogP contribution < -0.4 is 10.2 Å². The first-order valence-electron chi connectivity index (χ1n) is 10.6. The monoisotopic (exact) mass is 437 g/mol. The Morgan fingerprint density at radius 2 is 2.00 bits per heavy atom. The fraction of sp³-hybridized carbons (Fsp3) is 0.652. The van der Waals surface area contributed by atoms with Gasteiger partial charge in [0.25, 0.3) is 0 Å². The molecule has 1 aliphatic rings. The molecule has 1 aliphatic heterocycles. The number of halogens is 1. The molecule has 2 amide bonds. The molecule has 0 saturated carbocycles. The molecule has 7 heteroatoms. The molecule has 1 aromatic rings. The molecule has 2 atom stereocenters. The lowest BCUT2D eigenvalue weighted by Crippen LogP contribution is -2.38. The lowest BCUT2D eigenvalue weighted by atomic mass is 9.91. The number of carbonyl (C=O) groups excluding carboxylic acids is 2. The van der Waals surface area contributed by atoms with Crippen molar-refractivity contribution in [2.75, 3.05) is 37.5 Å². The van der Waals surface area contributed by atoms with Gasteiger partial charge in [0.15, 0.2) is 0 Å². The van der Waals surface area contributed by atoms with Gasteiger partial charge < -0.3 is 19.9 Å². The van der Waals surface area contributed by atoms with Crippen LogP contribution in [0.3, 0.4) is 0 Å². The highest BCUT2D eigenvalue weighted by Gasteiger charge is 2.26. The van der Waals surface area contributed by atoms with Crippen molar-refractivity contribution >= 4 is 34.8 Å². The van der Waals surface area contributed by atoms with Gasteiger partial charge in [0.2, 0.25) is 11.8 Å². The third kappa shape index (κ3) is 7.47. The van der Waals surface area contributed by atoms with Crippen LogP contribution in [0.25, 0.3) is 0 Å². The van der Waals surface area contributed by atoms with Gasteiger partial charge in [-0.1, -0.05) is 20.8 Å². The number of carbonyl (C=O) groups is 2. The molecule has 30 heavy (non-hydrogen) atoms. The second kappa shape index (κ2) is 10.5. The number of benzene rings is 1. The average Bonchev–Trinajstić information content (AvgIpc) is 3.12. The van der Waals surface area contributed by atoms with E-state index < -0.39 is 5.38 Å². The second-order valence-corrected chi connectivity index (χ2v) is 10.1. The summed E-state index contributed by atoms with van der Waals surface area (Å²) in [5.41, 5.74) is 2.56. The number of anilines is 2. The Balaban J connectivity index is 2.30. The van der Waals surface area contributed by atoms with Gasteiger partial charge in [-0.3, -0.25) is 9.59 Å². The van der Waals surface area contributed by atoms with E-state index in [9.17, 15) is 9.59 Å². The predicted molar refractivity (Wildman–Crippen MR) is 123 cm³/mol. The van der Waals surface area contributed by atoms with E-state index in [4.69, 9.17) is 16.3 Å². The van der Waals surface area contributed by atoms with Gasteiger partial charge in [-0.25, -0.2) is 0 Å². The van der Waals surface area contributed by atoms with Crippen molar-refractivity contribution < 1.29 is 14.3 Å². The number of ether oxygens (including phenoxy) is 1. The number of hydrogen-bond donors (Lipinski definition) is 1. The van der Waals surface area contributed by atoms with Crippen molar-refractivity contribution in [1.29, 1.82) is 0 Å². The highest BCUT2D eigenvalue weighted by Crippen LogP contribution is 2.27. The van der Waals surface area contributed by atoms with Gasteiger partial charge in [-0.15, -0.1) is 11.6 Å². The summed E-state index contributed by atoms with van der Waals surface area (Å²) in [5, 5.41) is 2.23. The van der Waals surface area contributed by atoms with Gasteiger partial charge >= 0.3 is 0 Å². The van der Waals surface area contributed by atoms with Crippen LogP contribution in [-0.2, 0) is 20.9 Å². The van der Waals surface area contributed by atoms with E-state index in [0.717, 1.165) is 30.7 Å². The van der Waals surface area contributed by atoms with Crippen LogP contribution in [0.4, 0.5) is 11.4 Å². The smallest absolute Gasteiger partial charge is 0.242 e. The fourth-order valence-electron chi connectivity index (χ4n) is 3.53. The minimum atomic E-state index is -0.619. The Kier molecular flexibility index (Phi) is 8.56. The van der Waals surface area contributed by atoms with Crippen LogP contribution in [0.15, 0.2) is 18.2 Å². The highest BCUT2D eigenvalue weighted by molar-refractivity contribution is 6.32. The molecule has 0 aliphatic carbocycles. The Morgan fingerprint density at radius 3 is 2.53 bits per heavy atom. The van der Waals surface area contributed by atoms with Crippen molar-refractivity contribution in [2.45, 2.75) is 65.0 Å². The van der Waals surface area contributed by atoms with Crippen molar-refractivity contribution in [3.8, 4) is 0 Å². The summed E-state index contributed by atoms with van der Waals surface area (Å²) < 4.78 is 5.81. The first kappa shape index (κ1) is 24.5. The maximum Gasteiger partial charge on any atom is 0.242 e. The van der Waals surface area contributed by atoms with Crippen molar-refractivity contribution in [3.05, 3.63) is 23.8 Å². The minimum Gasteiger partial charge on any atom is -0.377 e. The molecule has 0 radical (unpaired) electrons. The van der Waals surface area contributed by atoms with Crippen molar-refractivity contribution in [2.24, 2.45) is 5.41 Å². The molecule has 0 unspecified atom stereocenters. The number of nitrogens with zero attached hydrogens (tertiary/aromatic N) is 2. The summed E-state index contributed by atoms with van der Waals surface area (Å²) in [7, 11) is 3.94. The van der Waals surface area contributed by atoms with Crippen LogP contribution >= 0.6 is 11.6 Å². The van der Waals surface area contributed by atoms with Crippen LogP contribution in [0.5, 0.6) is 0 Å². The number of nitrogens with one attached hydrogen (secondary N) is 1. The van der Waals surface area contributed by atoms with Gasteiger partial charge in [0.05, 0.1) is 6.10 Å². The van der Waals surface area contributed by atoms with Crippen molar-refractivity contribution in [1.82, 2.24) is 4.90 Å². The fourth-order valence-corrected chi connectivity index (χ4v) is 3.58. The SMILES string of the molecule is C[C@H](Cl)C(=O)Nc1ccc(N(C)C)c(CN(C[C@@H]2CCCO2)C(=O)CC(C)(C)C)c1. The molecule has 1 heterocycles. The number of hydrogen-bond acceptors (Lipinski definition) is 4. The first-order valence-corrected chi connectivity index (χ1v) is 11.0. The molecule has 2 rings (SSSR count). The molecular formula is C23H36ClN3O3. The molecule has 168 valence electrons. The third-order valence-electron chi connectivity index (χ3n) is 5.03. The normalized spacial score (nSPS) is 17.5. The molecule has 1 saturated heterocycles. The van der Waals surface area contributed by atoms with Gasteiger partial charge in [-0.05, 0) is 48.9 Å². The van der Waals surface area contributed by atoms with E-state index in [2.05, 4.69) is 26.1 Å². The molecule has 1 N–H and O–H groups in total. The second-order valence-electron chi connectivity index (χ2n) is 9.49. The summed E-state index contributed by atoms with van der Waals surface area (Å²) in [5.74, 6) is -0.133. The van der Waals surface area contributed by atoms with Crippen LogP contribution in [-0.4, -0.2) is 55.4 Å². The summed E-state index contributed by atoms with van der Waals surface area (Å²) >= 11 is 5.90. The number of alkyl halides is 1. The van der Waals surface area contributed by atoms with E-state index in [1.165, 1.54) is 0 Å². The third-order valence-corrected chi connectivity index (χ3v) is 5.23. The molecule has 1 aromatic carbocycles. The van der Waals surface area contributed by atoms with Gasteiger partial charge in [-0.2, -0.15) is 0 Å². The quantitative estimate of drug-likeness (QED) is 0.617. The van der Waals surface area contributed by atoms with E-state index in [1.807, 2.05) is 42.1 Å². The Morgan fingerprint density at radius 1 is 1.30 bits per heavy atom. The number of amides is 2. The van der Waals surface area contributed by atoms with Gasteiger partial charge in [0, 0.05) is 51.6 Å². The predicted octanol–water partition coefficient (Wildman–Crippen LogP) is 4.26. The van der Waals surface area contributed by atoms with E-state index in [0.29, 0.717) is 25.2 Å². The van der Waals surface area contributed by atoms with E-state index in [1.54, 1.807) is 6.92 Å². The minimum absolute atomic E-state index is 0.0803. The van der Waals surface area contributed by atoms with Gasteiger partial charge in [0.1, 0.15) is 5.38 Å². The standard InChI is InChI=1S/C23H36ClN3O3/c1-16(24)22(29)25-18-9-10-20(26(5)6)17(12-18)14-27(15-19-8-7-11-30-19)21(28)13-23(2,3)4/h9-10,12,16,19H,7-8,11,13-15H2,1-6H3,(H,25,29)/t16-,19-/m0/s1. The Labute approximate surface area is 185 Å². The molecular weight excluding hydrogens is 402 g/mol. The number of rotatable bonds is 8. The van der Waals surface area contributed by atoms with Crippen LogP contribution in [0.1, 0.15) is 52.5 Å². The molecule has 0 aromatic heterocycles. The lowest BCUT2D eigenvalue weighted by molar-refractivity contribution is -0.135. The molecule has 0 spiro atoms. The van der Waals surface area contributed by atoms with Crippen molar-refractivity contribution in [3.63, 3.8) is 0 Å². The van der Waals surface area contributed by atoms with E-state index in [-0.39, 0.29) is 23.3 Å². The molecule has 1 fully saturated rings. The summed E-state index contributed by atoms with van der Waals surface area (Å²) in [6, 6.07) is 5.75. The average molecular weight is 438 g/mol. The molecule has 0 bridgehead atoms. The van der Waals surface area contributed by atoms with Crippen LogP contribution in [0, 0.1) is 5.41 Å². The van der Waals surface area contributed by atoms with Crippen LogP contribution in [0.2, 0.25) is 0 Å².